The molecule has 0 spiro atoms. The summed E-state index contributed by atoms with van der Waals surface area (Å²) < 4.78 is 3.22. The van der Waals surface area contributed by atoms with Gasteiger partial charge in [-0.15, -0.1) is 10.2 Å². The molecule has 0 radical (unpaired) electrons. The van der Waals surface area contributed by atoms with E-state index < -0.39 is 0 Å². The fraction of sp³-hybridized carbons (Fsp3) is 0.429. The van der Waals surface area contributed by atoms with E-state index >= 15 is 0 Å². The fourth-order valence-corrected chi connectivity index (χ4v) is 2.88. The monoisotopic (exact) mass is 385 g/mol. The molecule has 0 saturated carbocycles. The van der Waals surface area contributed by atoms with Gasteiger partial charge in [-0.2, -0.15) is 0 Å². The lowest BCUT2D eigenvalue weighted by Gasteiger charge is -2.25. The van der Waals surface area contributed by atoms with Crippen molar-refractivity contribution < 1.29 is 0 Å². The fourth-order valence-electron chi connectivity index (χ4n) is 2.09. The summed E-state index contributed by atoms with van der Waals surface area (Å²) in [4.78, 5) is 0. The maximum absolute atomic E-state index is 4.38. The van der Waals surface area contributed by atoms with Crippen LogP contribution < -0.4 is 0 Å². The first-order valence-corrected chi connectivity index (χ1v) is 8.03. The van der Waals surface area contributed by atoms with E-state index in [9.17, 15) is 0 Å². The third-order valence-corrected chi connectivity index (χ3v) is 4.08. The predicted octanol–water partition coefficient (Wildman–Crippen LogP) is 4.67. The summed E-state index contributed by atoms with van der Waals surface area (Å²) in [5, 5.41) is 9.37. The van der Waals surface area contributed by atoms with Crippen LogP contribution >= 0.6 is 31.9 Å². The number of aryl methyl sites for hydroxylation is 1. The van der Waals surface area contributed by atoms with Gasteiger partial charge in [0.25, 0.3) is 0 Å². The van der Waals surface area contributed by atoms with Crippen molar-refractivity contribution in [3.63, 3.8) is 0 Å². The molecule has 1 heterocycles. The number of halogens is 2. The van der Waals surface area contributed by atoms with Gasteiger partial charge in [0.15, 0.2) is 5.82 Å². The first kappa shape index (κ1) is 14.7. The Balaban J connectivity index is 2.69. The SMILES string of the molecule is Cc1ccc(Br)c(-c2nnc(CBr)n2C(C)(C)C)c1. The number of nitrogens with zero attached hydrogens (tertiary/aromatic N) is 3. The normalized spacial score (nSPS) is 11.9. The van der Waals surface area contributed by atoms with Crippen molar-refractivity contribution in [3.8, 4) is 11.4 Å². The van der Waals surface area contributed by atoms with E-state index in [4.69, 9.17) is 0 Å². The molecule has 0 fully saturated rings. The van der Waals surface area contributed by atoms with Gasteiger partial charge in [-0.25, -0.2) is 0 Å². The smallest absolute Gasteiger partial charge is 0.165 e. The Labute approximate surface area is 130 Å². The van der Waals surface area contributed by atoms with Crippen LogP contribution in [0.2, 0.25) is 0 Å². The molecule has 0 aliphatic heterocycles. The topological polar surface area (TPSA) is 30.7 Å². The highest BCUT2D eigenvalue weighted by Gasteiger charge is 2.24. The highest BCUT2D eigenvalue weighted by atomic mass is 79.9. The van der Waals surface area contributed by atoms with Gasteiger partial charge in [-0.1, -0.05) is 43.5 Å². The summed E-state index contributed by atoms with van der Waals surface area (Å²) in [6.07, 6.45) is 0. The predicted molar refractivity (Wildman–Crippen MR) is 85.5 cm³/mol. The highest BCUT2D eigenvalue weighted by Crippen LogP contribution is 2.32. The summed E-state index contributed by atoms with van der Waals surface area (Å²) in [5.41, 5.74) is 2.22. The molecule has 1 aromatic heterocycles. The molecule has 0 atom stereocenters. The quantitative estimate of drug-likeness (QED) is 0.702. The Kier molecular flexibility index (Phi) is 4.16. The van der Waals surface area contributed by atoms with Crippen molar-refractivity contribution in [1.82, 2.24) is 14.8 Å². The summed E-state index contributed by atoms with van der Waals surface area (Å²) in [6.45, 7) is 8.57. The minimum absolute atomic E-state index is 0.0644. The van der Waals surface area contributed by atoms with Crippen LogP contribution in [0.1, 0.15) is 32.2 Å². The van der Waals surface area contributed by atoms with Crippen LogP contribution in [0.15, 0.2) is 22.7 Å². The van der Waals surface area contributed by atoms with Crippen molar-refractivity contribution in [3.05, 3.63) is 34.1 Å². The van der Waals surface area contributed by atoms with Crippen LogP contribution in [-0.4, -0.2) is 14.8 Å². The molecule has 0 amide bonds. The van der Waals surface area contributed by atoms with E-state index in [1.54, 1.807) is 0 Å². The van der Waals surface area contributed by atoms with Crippen LogP contribution in [0.3, 0.4) is 0 Å². The molecule has 102 valence electrons. The number of benzene rings is 1. The number of aromatic nitrogens is 3. The Morgan fingerprint density at radius 3 is 2.47 bits per heavy atom. The van der Waals surface area contributed by atoms with Gasteiger partial charge in [0.2, 0.25) is 0 Å². The zero-order chi connectivity index (χ0) is 14.2. The molecular weight excluding hydrogens is 370 g/mol. The largest absolute Gasteiger partial charge is 0.305 e. The Hall–Kier alpha value is -0.680. The number of hydrogen-bond donors (Lipinski definition) is 0. The van der Waals surface area contributed by atoms with Gasteiger partial charge in [-0.05, 0) is 39.8 Å². The maximum Gasteiger partial charge on any atom is 0.165 e. The molecule has 0 N–H and O–H groups in total. The Morgan fingerprint density at radius 2 is 1.89 bits per heavy atom. The molecule has 0 saturated heterocycles. The summed E-state index contributed by atoms with van der Waals surface area (Å²) >= 11 is 7.09. The van der Waals surface area contributed by atoms with E-state index in [2.05, 4.69) is 92.5 Å². The summed E-state index contributed by atoms with van der Waals surface area (Å²) in [5.74, 6) is 1.84. The lowest BCUT2D eigenvalue weighted by atomic mass is 10.1. The molecule has 3 nitrogen and oxygen atoms in total. The zero-order valence-electron chi connectivity index (χ0n) is 11.5. The van der Waals surface area contributed by atoms with Gasteiger partial charge >= 0.3 is 0 Å². The van der Waals surface area contributed by atoms with Crippen LogP contribution in [0, 0.1) is 6.92 Å². The molecule has 2 aromatic rings. The average molecular weight is 387 g/mol. The zero-order valence-corrected chi connectivity index (χ0v) is 14.7. The summed E-state index contributed by atoms with van der Waals surface area (Å²) in [6, 6.07) is 6.27. The van der Waals surface area contributed by atoms with E-state index in [0.717, 1.165) is 21.7 Å². The van der Waals surface area contributed by atoms with E-state index in [-0.39, 0.29) is 5.54 Å². The average Bonchev–Trinajstić information content (AvgIpc) is 2.75. The molecule has 0 unspecified atom stereocenters. The minimum Gasteiger partial charge on any atom is -0.305 e. The van der Waals surface area contributed by atoms with Gasteiger partial charge in [0.1, 0.15) is 5.82 Å². The van der Waals surface area contributed by atoms with Crippen LogP contribution in [0.4, 0.5) is 0 Å². The second-order valence-corrected chi connectivity index (χ2v) is 6.98. The standard InChI is InChI=1S/C14H17Br2N3/c1-9-5-6-11(16)10(7-9)13-18-17-12(8-15)19(13)14(2,3)4/h5-7H,8H2,1-4H3. The second kappa shape index (κ2) is 5.37. The minimum atomic E-state index is -0.0644. The highest BCUT2D eigenvalue weighted by molar-refractivity contribution is 9.10. The van der Waals surface area contributed by atoms with Gasteiger partial charge < -0.3 is 4.57 Å². The molecule has 0 bridgehead atoms. The van der Waals surface area contributed by atoms with E-state index in [0.29, 0.717) is 5.33 Å². The third kappa shape index (κ3) is 2.92. The molecule has 1 aromatic carbocycles. The van der Waals surface area contributed by atoms with Crippen molar-refractivity contribution in [2.45, 2.75) is 38.6 Å². The molecule has 0 aliphatic carbocycles. The number of rotatable bonds is 2. The lowest BCUT2D eigenvalue weighted by Crippen LogP contribution is -2.24. The molecule has 5 heteroatoms. The van der Waals surface area contributed by atoms with Crippen LogP contribution in [-0.2, 0) is 10.9 Å². The van der Waals surface area contributed by atoms with Gasteiger partial charge in [-0.3, -0.25) is 0 Å². The van der Waals surface area contributed by atoms with Crippen molar-refractivity contribution in [1.29, 1.82) is 0 Å². The maximum atomic E-state index is 4.38. The first-order valence-electron chi connectivity index (χ1n) is 6.12. The van der Waals surface area contributed by atoms with Crippen molar-refractivity contribution in [2.24, 2.45) is 0 Å². The number of alkyl halides is 1. The Bertz CT molecular complexity index is 597. The van der Waals surface area contributed by atoms with Crippen molar-refractivity contribution in [2.75, 3.05) is 0 Å². The molecular formula is C14H17Br2N3. The first-order chi connectivity index (χ1) is 8.84. The Morgan fingerprint density at radius 1 is 1.21 bits per heavy atom. The summed E-state index contributed by atoms with van der Waals surface area (Å²) in [7, 11) is 0. The van der Waals surface area contributed by atoms with Gasteiger partial charge in [0, 0.05) is 15.6 Å². The molecule has 0 aliphatic rings. The van der Waals surface area contributed by atoms with Crippen molar-refractivity contribution >= 4 is 31.9 Å². The number of hydrogen-bond acceptors (Lipinski definition) is 2. The second-order valence-electron chi connectivity index (χ2n) is 5.56. The lowest BCUT2D eigenvalue weighted by molar-refractivity contribution is 0.391. The van der Waals surface area contributed by atoms with E-state index in [1.807, 2.05) is 0 Å². The molecule has 2 rings (SSSR count). The van der Waals surface area contributed by atoms with E-state index in [1.165, 1.54) is 5.56 Å². The molecule has 19 heavy (non-hydrogen) atoms. The van der Waals surface area contributed by atoms with Gasteiger partial charge in [0.05, 0.1) is 5.33 Å². The van der Waals surface area contributed by atoms with Crippen LogP contribution in [0.5, 0.6) is 0 Å². The third-order valence-electron chi connectivity index (χ3n) is 2.88. The van der Waals surface area contributed by atoms with Crippen LogP contribution in [0.25, 0.3) is 11.4 Å².